The Morgan fingerprint density at radius 1 is 0.450 bits per heavy atom. The molecule has 0 unspecified atom stereocenters. The first kappa shape index (κ1) is 24.4. The fourth-order valence-electron chi connectivity index (χ4n) is 5.48. The first-order valence-corrected chi connectivity index (χ1v) is 14.2. The summed E-state index contributed by atoms with van der Waals surface area (Å²) in [6.45, 7) is 2.11. The van der Waals surface area contributed by atoms with E-state index in [-0.39, 0.29) is 0 Å². The third-order valence-electron chi connectivity index (χ3n) is 7.47. The summed E-state index contributed by atoms with van der Waals surface area (Å²) in [6.07, 6.45) is 0. The van der Waals surface area contributed by atoms with Gasteiger partial charge < -0.3 is 0 Å². The Labute approximate surface area is 242 Å². The lowest BCUT2D eigenvalue weighted by atomic mass is 9.96. The molecule has 0 atom stereocenters. The van der Waals surface area contributed by atoms with Crippen molar-refractivity contribution in [1.29, 1.82) is 0 Å². The average Bonchev–Trinajstić information content (AvgIpc) is 3.01. The van der Waals surface area contributed by atoms with E-state index >= 15 is 0 Å². The van der Waals surface area contributed by atoms with Crippen LogP contribution >= 0.6 is 15.9 Å². The second-order valence-electron chi connectivity index (χ2n) is 10.1. The number of nitrogens with zero attached hydrogens (tertiary/aromatic N) is 2. The number of hydrogen-bond donors (Lipinski definition) is 0. The second kappa shape index (κ2) is 10.2. The first-order valence-electron chi connectivity index (χ1n) is 13.4. The number of rotatable bonds is 4. The number of benzene rings is 6. The van der Waals surface area contributed by atoms with Crippen molar-refractivity contribution in [2.24, 2.45) is 0 Å². The van der Waals surface area contributed by atoms with Crippen molar-refractivity contribution in [1.82, 2.24) is 9.97 Å². The highest BCUT2D eigenvalue weighted by molar-refractivity contribution is 9.10. The molecular weight excluding hydrogens is 552 g/mol. The summed E-state index contributed by atoms with van der Waals surface area (Å²) in [5.74, 6) is 0.706. The van der Waals surface area contributed by atoms with Gasteiger partial charge >= 0.3 is 0 Å². The van der Waals surface area contributed by atoms with Gasteiger partial charge in [0.05, 0.1) is 11.4 Å². The molecule has 0 aliphatic carbocycles. The quantitative estimate of drug-likeness (QED) is 0.195. The van der Waals surface area contributed by atoms with Crippen LogP contribution in [0.2, 0.25) is 0 Å². The normalized spacial score (nSPS) is 11.2. The van der Waals surface area contributed by atoms with Crippen LogP contribution in [0.25, 0.3) is 66.6 Å². The van der Waals surface area contributed by atoms with Gasteiger partial charge in [-0.05, 0) is 63.9 Å². The van der Waals surface area contributed by atoms with Crippen LogP contribution in [0.4, 0.5) is 0 Å². The number of aromatic nitrogens is 2. The molecule has 0 N–H and O–H groups in total. The highest BCUT2D eigenvalue weighted by atomic mass is 79.9. The second-order valence-corrected chi connectivity index (χ2v) is 11.0. The molecule has 6 aromatic carbocycles. The predicted octanol–water partition coefficient (Wildman–Crippen LogP) is 10.5. The molecule has 0 amide bonds. The smallest absolute Gasteiger partial charge is 0.160 e. The van der Waals surface area contributed by atoms with Gasteiger partial charge in [-0.15, -0.1) is 0 Å². The average molecular weight is 578 g/mol. The van der Waals surface area contributed by atoms with Gasteiger partial charge in [-0.3, -0.25) is 0 Å². The maximum absolute atomic E-state index is 5.13. The summed E-state index contributed by atoms with van der Waals surface area (Å²) in [7, 11) is 0. The highest BCUT2D eigenvalue weighted by Gasteiger charge is 2.16. The summed E-state index contributed by atoms with van der Waals surface area (Å²) in [5.41, 5.74) is 8.37. The molecule has 7 rings (SSSR count). The van der Waals surface area contributed by atoms with E-state index in [2.05, 4.69) is 144 Å². The summed E-state index contributed by atoms with van der Waals surface area (Å²) in [4.78, 5) is 10.3. The van der Waals surface area contributed by atoms with Crippen molar-refractivity contribution in [3.8, 4) is 45.0 Å². The highest BCUT2D eigenvalue weighted by Crippen LogP contribution is 2.36. The molecule has 40 heavy (non-hydrogen) atoms. The molecule has 1 aromatic heterocycles. The molecule has 0 bridgehead atoms. The van der Waals surface area contributed by atoms with E-state index in [1.807, 2.05) is 12.1 Å². The minimum absolute atomic E-state index is 0.706. The molecule has 7 aromatic rings. The van der Waals surface area contributed by atoms with Gasteiger partial charge in [0.2, 0.25) is 0 Å². The van der Waals surface area contributed by atoms with Crippen molar-refractivity contribution >= 4 is 37.5 Å². The molecule has 0 spiro atoms. The fourth-order valence-corrected chi connectivity index (χ4v) is 5.97. The molecule has 0 saturated carbocycles. The molecule has 0 fully saturated rings. The van der Waals surface area contributed by atoms with Gasteiger partial charge in [-0.1, -0.05) is 125 Å². The zero-order valence-electron chi connectivity index (χ0n) is 22.0. The van der Waals surface area contributed by atoms with E-state index in [9.17, 15) is 0 Å². The van der Waals surface area contributed by atoms with Crippen LogP contribution in [0.3, 0.4) is 0 Å². The predicted molar refractivity (Wildman–Crippen MR) is 171 cm³/mol. The first-order chi connectivity index (χ1) is 19.6. The van der Waals surface area contributed by atoms with Crippen LogP contribution < -0.4 is 0 Å². The minimum atomic E-state index is 0.706. The Kier molecular flexibility index (Phi) is 6.22. The monoisotopic (exact) mass is 576 g/mol. The van der Waals surface area contributed by atoms with Gasteiger partial charge in [-0.25, -0.2) is 9.97 Å². The minimum Gasteiger partial charge on any atom is -0.228 e. The zero-order chi connectivity index (χ0) is 27.1. The zero-order valence-corrected chi connectivity index (χ0v) is 23.6. The fraction of sp³-hybridized carbons (Fsp3) is 0.0270. The van der Waals surface area contributed by atoms with Gasteiger partial charge in [-0.2, -0.15) is 0 Å². The van der Waals surface area contributed by atoms with Gasteiger partial charge in [0.25, 0.3) is 0 Å². The van der Waals surface area contributed by atoms with E-state index in [1.165, 1.54) is 21.5 Å². The van der Waals surface area contributed by atoms with E-state index in [1.54, 1.807) is 0 Å². The SMILES string of the molecule is Cc1c(-c2ccccc2)nc(-c2cc(Br)cc(-c3ccc4c(ccc5ccccc54)c3)c2)nc1-c1ccccc1. The van der Waals surface area contributed by atoms with Gasteiger partial charge in [0, 0.05) is 26.7 Å². The molecule has 0 radical (unpaired) electrons. The standard InChI is InChI=1S/C37H25BrN2/c1-24-35(26-11-4-2-5-12-26)39-37(40-36(24)27-13-6-3-7-14-27)31-21-30(22-32(38)23-31)28-18-19-34-29(20-28)17-16-25-10-8-9-15-33(25)34/h2-23H,1H3. The lowest BCUT2D eigenvalue weighted by Crippen LogP contribution is -2.00. The number of hydrogen-bond acceptors (Lipinski definition) is 2. The van der Waals surface area contributed by atoms with Crippen molar-refractivity contribution in [3.63, 3.8) is 0 Å². The summed E-state index contributed by atoms with van der Waals surface area (Å²) in [6, 6.07) is 46.9. The van der Waals surface area contributed by atoms with Crippen LogP contribution in [-0.2, 0) is 0 Å². The molecule has 190 valence electrons. The summed E-state index contributed by atoms with van der Waals surface area (Å²) >= 11 is 3.78. The maximum atomic E-state index is 5.13. The Balaban J connectivity index is 1.40. The van der Waals surface area contributed by atoms with E-state index in [0.717, 1.165) is 49.2 Å². The maximum Gasteiger partial charge on any atom is 0.160 e. The molecular formula is C37H25BrN2. The Bertz CT molecular complexity index is 1950. The van der Waals surface area contributed by atoms with Crippen LogP contribution in [0, 0.1) is 6.92 Å². The molecule has 3 heteroatoms. The molecule has 1 heterocycles. The van der Waals surface area contributed by atoms with E-state index in [0.29, 0.717) is 5.82 Å². The van der Waals surface area contributed by atoms with Crippen LogP contribution in [-0.4, -0.2) is 9.97 Å². The van der Waals surface area contributed by atoms with Crippen LogP contribution in [0.1, 0.15) is 5.56 Å². The lowest BCUT2D eigenvalue weighted by molar-refractivity contribution is 1.15. The van der Waals surface area contributed by atoms with Crippen molar-refractivity contribution in [3.05, 3.63) is 143 Å². The Morgan fingerprint density at radius 3 is 1.73 bits per heavy atom. The van der Waals surface area contributed by atoms with Crippen LogP contribution in [0.15, 0.2) is 138 Å². The van der Waals surface area contributed by atoms with Crippen LogP contribution in [0.5, 0.6) is 0 Å². The van der Waals surface area contributed by atoms with Crippen molar-refractivity contribution < 1.29 is 0 Å². The summed E-state index contributed by atoms with van der Waals surface area (Å²) < 4.78 is 0.991. The largest absolute Gasteiger partial charge is 0.228 e. The Hall–Kier alpha value is -4.60. The van der Waals surface area contributed by atoms with Gasteiger partial charge in [0.15, 0.2) is 5.82 Å². The third kappa shape index (κ3) is 4.49. The molecule has 2 nitrogen and oxygen atoms in total. The van der Waals surface area contributed by atoms with Crippen molar-refractivity contribution in [2.45, 2.75) is 6.92 Å². The summed E-state index contributed by atoms with van der Waals surface area (Å²) in [5, 5.41) is 5.02. The number of fused-ring (bicyclic) bond motifs is 3. The van der Waals surface area contributed by atoms with E-state index in [4.69, 9.17) is 9.97 Å². The topological polar surface area (TPSA) is 25.8 Å². The molecule has 0 saturated heterocycles. The Morgan fingerprint density at radius 2 is 1.02 bits per heavy atom. The molecule has 0 aliphatic heterocycles. The number of halogens is 1. The molecule has 0 aliphatic rings. The van der Waals surface area contributed by atoms with Crippen molar-refractivity contribution in [2.75, 3.05) is 0 Å². The lowest BCUT2D eigenvalue weighted by Gasteiger charge is -2.15. The van der Waals surface area contributed by atoms with Gasteiger partial charge in [0.1, 0.15) is 0 Å². The van der Waals surface area contributed by atoms with E-state index < -0.39 is 0 Å². The third-order valence-corrected chi connectivity index (χ3v) is 7.93.